The van der Waals surface area contributed by atoms with Crippen molar-refractivity contribution >= 4 is 11.9 Å². The zero-order valence-corrected chi connectivity index (χ0v) is 41.1. The summed E-state index contributed by atoms with van der Waals surface area (Å²) in [5.74, 6) is -0.438. The highest BCUT2D eigenvalue weighted by Gasteiger charge is 2.17. The fourth-order valence-corrected chi connectivity index (χ4v) is 7.36. The van der Waals surface area contributed by atoms with E-state index in [1.807, 2.05) is 0 Å². The lowest BCUT2D eigenvalue weighted by Crippen LogP contribution is -2.30. The second kappa shape index (κ2) is 52.7. The van der Waals surface area contributed by atoms with Crippen LogP contribution in [-0.2, 0) is 23.8 Å². The van der Waals surface area contributed by atoms with E-state index in [9.17, 15) is 9.59 Å². The molecule has 0 rings (SSSR count). The van der Waals surface area contributed by atoms with Crippen LogP contribution in [0.5, 0.6) is 0 Å². The molecule has 0 bridgehead atoms. The molecule has 1 atom stereocenters. The van der Waals surface area contributed by atoms with Crippen LogP contribution in [0.15, 0.2) is 72.9 Å². The number of hydrogen-bond acceptors (Lipinski definition) is 5. The lowest BCUT2D eigenvalue weighted by atomic mass is 10.0. The molecule has 0 aromatic rings. The lowest BCUT2D eigenvalue weighted by Gasteiger charge is -2.18. The van der Waals surface area contributed by atoms with Gasteiger partial charge in [0.25, 0.3) is 0 Å². The van der Waals surface area contributed by atoms with Gasteiger partial charge in [-0.2, -0.15) is 0 Å². The van der Waals surface area contributed by atoms with E-state index < -0.39 is 6.10 Å². The molecule has 0 aliphatic carbocycles. The molecule has 0 aliphatic rings. The van der Waals surface area contributed by atoms with Crippen LogP contribution in [0.4, 0.5) is 0 Å². The highest BCUT2D eigenvalue weighted by atomic mass is 16.6. The van der Waals surface area contributed by atoms with E-state index in [1.54, 1.807) is 0 Å². The van der Waals surface area contributed by atoms with Crippen LogP contribution in [0.3, 0.4) is 0 Å². The molecule has 0 aromatic heterocycles. The molecule has 0 amide bonds. The van der Waals surface area contributed by atoms with Gasteiger partial charge in [-0.05, 0) is 83.5 Å². The van der Waals surface area contributed by atoms with E-state index in [2.05, 4.69) is 93.7 Å². The highest BCUT2D eigenvalue weighted by Crippen LogP contribution is 2.16. The normalized spacial score (nSPS) is 12.8. The van der Waals surface area contributed by atoms with Crippen molar-refractivity contribution < 1.29 is 23.8 Å². The van der Waals surface area contributed by atoms with Gasteiger partial charge in [-0.3, -0.25) is 9.59 Å². The Kier molecular flexibility index (Phi) is 50.4. The van der Waals surface area contributed by atoms with Gasteiger partial charge in [0.1, 0.15) is 6.61 Å². The molecule has 0 heterocycles. The summed E-state index contributed by atoms with van der Waals surface area (Å²) in [4.78, 5) is 25.4. The summed E-state index contributed by atoms with van der Waals surface area (Å²) in [5, 5.41) is 0. The first-order valence-electron chi connectivity index (χ1n) is 26.5. The Morgan fingerprint density at radius 3 is 1.18 bits per heavy atom. The maximum absolute atomic E-state index is 12.8. The van der Waals surface area contributed by atoms with Crippen molar-refractivity contribution in [2.45, 2.75) is 258 Å². The van der Waals surface area contributed by atoms with Gasteiger partial charge in [0.2, 0.25) is 0 Å². The average molecular weight is 865 g/mol. The predicted molar refractivity (Wildman–Crippen MR) is 270 cm³/mol. The van der Waals surface area contributed by atoms with Crippen LogP contribution in [-0.4, -0.2) is 37.9 Å². The van der Waals surface area contributed by atoms with Crippen molar-refractivity contribution in [3.63, 3.8) is 0 Å². The van der Waals surface area contributed by atoms with E-state index >= 15 is 0 Å². The molecule has 1 unspecified atom stereocenters. The molecule has 0 N–H and O–H groups in total. The third-order valence-electron chi connectivity index (χ3n) is 11.2. The first-order chi connectivity index (χ1) is 30.6. The van der Waals surface area contributed by atoms with E-state index in [-0.39, 0.29) is 25.2 Å². The Hall–Kier alpha value is -2.66. The van der Waals surface area contributed by atoms with Crippen molar-refractivity contribution in [3.8, 4) is 0 Å². The first-order valence-corrected chi connectivity index (χ1v) is 26.5. The van der Waals surface area contributed by atoms with Crippen LogP contribution in [0.1, 0.15) is 252 Å². The maximum Gasteiger partial charge on any atom is 0.306 e. The smallest absolute Gasteiger partial charge is 0.306 e. The van der Waals surface area contributed by atoms with Crippen LogP contribution in [0.2, 0.25) is 0 Å². The Morgan fingerprint density at radius 2 is 0.726 bits per heavy atom. The third-order valence-corrected chi connectivity index (χ3v) is 11.2. The van der Waals surface area contributed by atoms with Gasteiger partial charge in [-0.1, -0.05) is 229 Å². The quantitative estimate of drug-likeness (QED) is 0.0346. The van der Waals surface area contributed by atoms with Gasteiger partial charge in [-0.25, -0.2) is 0 Å². The van der Waals surface area contributed by atoms with Gasteiger partial charge < -0.3 is 14.2 Å². The number of rotatable bonds is 48. The van der Waals surface area contributed by atoms with Crippen molar-refractivity contribution in [2.24, 2.45) is 0 Å². The molecule has 0 saturated heterocycles. The predicted octanol–water partition coefficient (Wildman–Crippen LogP) is 17.9. The summed E-state index contributed by atoms with van der Waals surface area (Å²) in [6, 6.07) is 0. The number of carbonyl (C=O) groups excluding carboxylic acids is 2. The minimum Gasteiger partial charge on any atom is -0.462 e. The zero-order chi connectivity index (χ0) is 44.9. The van der Waals surface area contributed by atoms with Gasteiger partial charge in [0.15, 0.2) is 6.10 Å². The molecule has 0 spiro atoms. The number of allylic oxidation sites excluding steroid dienone is 12. The van der Waals surface area contributed by atoms with E-state index in [4.69, 9.17) is 14.2 Å². The van der Waals surface area contributed by atoms with Crippen LogP contribution >= 0.6 is 0 Å². The molecule has 0 fully saturated rings. The standard InChI is InChI=1S/C57H100O5/c1-4-7-10-13-16-19-22-25-27-28-29-30-31-33-35-38-41-44-47-50-56(58)61-54-55(53-60-52-49-46-43-40-37-34-26-23-20-17-14-11-8-5-2)62-57(59)51-48-45-42-39-36-32-24-21-18-15-12-9-6-3/h8-9,11-12,17-18,20-21,26,32,34,36,55H,4-7,10,13-16,19,22-25,27-31,33,35,37-54H2,1-3H3/b11-8-,12-9-,20-17-,21-18-,34-26-,36-32-. The summed E-state index contributed by atoms with van der Waals surface area (Å²) in [5.41, 5.74) is 0. The molecular formula is C57H100O5. The summed E-state index contributed by atoms with van der Waals surface area (Å²) >= 11 is 0. The summed E-state index contributed by atoms with van der Waals surface area (Å²) in [6.07, 6.45) is 67.8. The maximum atomic E-state index is 12.8. The Balaban J connectivity index is 4.27. The molecular weight excluding hydrogens is 765 g/mol. The molecule has 5 heteroatoms. The summed E-state index contributed by atoms with van der Waals surface area (Å²) in [7, 11) is 0. The topological polar surface area (TPSA) is 61.8 Å². The highest BCUT2D eigenvalue weighted by molar-refractivity contribution is 5.70. The Morgan fingerprint density at radius 1 is 0.371 bits per heavy atom. The number of carbonyl (C=O) groups is 2. The number of hydrogen-bond donors (Lipinski definition) is 0. The van der Waals surface area contributed by atoms with Crippen molar-refractivity contribution in [3.05, 3.63) is 72.9 Å². The van der Waals surface area contributed by atoms with Crippen molar-refractivity contribution in [2.75, 3.05) is 19.8 Å². The molecule has 358 valence electrons. The summed E-state index contributed by atoms with van der Waals surface area (Å²) < 4.78 is 17.4. The molecule has 0 radical (unpaired) electrons. The molecule has 5 nitrogen and oxygen atoms in total. The van der Waals surface area contributed by atoms with Crippen molar-refractivity contribution in [1.82, 2.24) is 0 Å². The molecule has 0 saturated carbocycles. The number of unbranched alkanes of at least 4 members (excludes halogenated alkanes) is 25. The molecule has 62 heavy (non-hydrogen) atoms. The van der Waals surface area contributed by atoms with Gasteiger partial charge in [0, 0.05) is 19.4 Å². The van der Waals surface area contributed by atoms with Gasteiger partial charge >= 0.3 is 11.9 Å². The zero-order valence-electron chi connectivity index (χ0n) is 41.1. The largest absolute Gasteiger partial charge is 0.462 e. The molecule has 0 aliphatic heterocycles. The minimum atomic E-state index is -0.563. The van der Waals surface area contributed by atoms with E-state index in [0.717, 1.165) is 96.3 Å². The van der Waals surface area contributed by atoms with Crippen molar-refractivity contribution in [1.29, 1.82) is 0 Å². The fraction of sp³-hybridized carbons (Fsp3) is 0.754. The summed E-state index contributed by atoms with van der Waals surface area (Å²) in [6.45, 7) is 7.55. The molecule has 0 aromatic carbocycles. The average Bonchev–Trinajstić information content (AvgIpc) is 3.27. The second-order valence-electron chi connectivity index (χ2n) is 17.4. The van der Waals surface area contributed by atoms with E-state index in [1.165, 1.54) is 122 Å². The fourth-order valence-electron chi connectivity index (χ4n) is 7.36. The monoisotopic (exact) mass is 865 g/mol. The Bertz CT molecular complexity index is 1110. The van der Waals surface area contributed by atoms with Crippen LogP contribution in [0, 0.1) is 0 Å². The second-order valence-corrected chi connectivity index (χ2v) is 17.4. The first kappa shape index (κ1) is 59.3. The van der Waals surface area contributed by atoms with Crippen LogP contribution < -0.4 is 0 Å². The van der Waals surface area contributed by atoms with Gasteiger partial charge in [0.05, 0.1) is 6.61 Å². The lowest BCUT2D eigenvalue weighted by molar-refractivity contribution is -0.163. The Labute approximate surface area is 385 Å². The number of esters is 2. The third kappa shape index (κ3) is 50.0. The van der Waals surface area contributed by atoms with E-state index in [0.29, 0.717) is 19.4 Å². The SMILES string of the molecule is CC/C=C\C/C=C\C/C=C\CCCCCCOCC(COC(=O)CCCCCCCCCCCCCCCCCCCCC)OC(=O)CCCCC/C=C\C/C=C\C/C=C\CC. The van der Waals surface area contributed by atoms with Crippen LogP contribution in [0.25, 0.3) is 0 Å². The van der Waals surface area contributed by atoms with Gasteiger partial charge in [-0.15, -0.1) is 0 Å². The minimum absolute atomic E-state index is 0.0643. The number of ether oxygens (including phenoxy) is 3.